The van der Waals surface area contributed by atoms with Crippen molar-refractivity contribution >= 4 is 60.3 Å². The fourth-order valence-corrected chi connectivity index (χ4v) is 3.01. The smallest absolute Gasteiger partial charge is 0.254 e. The highest BCUT2D eigenvalue weighted by atomic mass is 79.9. The quantitative estimate of drug-likeness (QED) is 0.578. The van der Waals surface area contributed by atoms with Crippen molar-refractivity contribution in [3.8, 4) is 0 Å². The van der Waals surface area contributed by atoms with E-state index < -0.39 is 0 Å². The number of rotatable bonds is 3. The number of fused-ring (bicyclic) bond motifs is 1. The van der Waals surface area contributed by atoms with E-state index in [1.54, 1.807) is 12.3 Å². The van der Waals surface area contributed by atoms with Crippen LogP contribution in [0, 0.1) is 0 Å². The minimum atomic E-state index is -0.265. The molecular formula is C15H10Br2ClN3O. The molecular weight excluding hydrogens is 433 g/mol. The molecule has 1 aromatic carbocycles. The maximum Gasteiger partial charge on any atom is 0.254 e. The molecule has 0 aliphatic heterocycles. The van der Waals surface area contributed by atoms with E-state index in [2.05, 4.69) is 47.1 Å². The van der Waals surface area contributed by atoms with Gasteiger partial charge in [0, 0.05) is 31.7 Å². The Labute approximate surface area is 148 Å². The average molecular weight is 444 g/mol. The van der Waals surface area contributed by atoms with Crippen LogP contribution in [-0.2, 0) is 6.54 Å². The van der Waals surface area contributed by atoms with Crippen molar-refractivity contribution < 1.29 is 4.79 Å². The van der Waals surface area contributed by atoms with Crippen LogP contribution in [0.15, 0.2) is 45.5 Å². The number of pyridine rings is 1. The number of nitrogens with zero attached hydrogens (tertiary/aromatic N) is 1. The fraction of sp³-hybridized carbons (Fsp3) is 0.0667. The molecule has 2 heterocycles. The molecule has 0 aliphatic rings. The summed E-state index contributed by atoms with van der Waals surface area (Å²) in [4.78, 5) is 19.4. The third-order valence-corrected chi connectivity index (χ3v) is 4.36. The van der Waals surface area contributed by atoms with Gasteiger partial charge in [0.05, 0.1) is 12.1 Å². The summed E-state index contributed by atoms with van der Waals surface area (Å²) in [6.45, 7) is 0.383. The van der Waals surface area contributed by atoms with E-state index in [0.717, 1.165) is 21.1 Å². The Kier molecular flexibility index (Phi) is 4.52. The zero-order valence-corrected chi connectivity index (χ0v) is 15.1. The van der Waals surface area contributed by atoms with E-state index in [1.807, 2.05) is 24.3 Å². The number of carbonyl (C=O) groups is 1. The number of H-pyrrole nitrogens is 1. The first-order chi connectivity index (χ1) is 10.5. The summed E-state index contributed by atoms with van der Waals surface area (Å²) >= 11 is 12.7. The Morgan fingerprint density at radius 3 is 2.86 bits per heavy atom. The number of carbonyl (C=O) groups excluding carboxylic acids is 1. The molecule has 0 bridgehead atoms. The molecule has 3 rings (SSSR count). The molecule has 112 valence electrons. The summed E-state index contributed by atoms with van der Waals surface area (Å²) in [6.07, 6.45) is 1.55. The fourth-order valence-electron chi connectivity index (χ4n) is 2.11. The Morgan fingerprint density at radius 2 is 2.05 bits per heavy atom. The van der Waals surface area contributed by atoms with Crippen molar-refractivity contribution in [2.75, 3.05) is 0 Å². The molecule has 1 amide bonds. The van der Waals surface area contributed by atoms with Crippen LogP contribution in [0.4, 0.5) is 0 Å². The van der Waals surface area contributed by atoms with Crippen molar-refractivity contribution in [1.82, 2.24) is 15.3 Å². The number of aromatic amines is 1. The summed E-state index contributed by atoms with van der Waals surface area (Å²) in [5.74, 6) is -0.265. The molecule has 22 heavy (non-hydrogen) atoms. The van der Waals surface area contributed by atoms with Crippen LogP contribution in [0.25, 0.3) is 10.9 Å². The predicted octanol–water partition coefficient (Wildman–Crippen LogP) is 4.67. The van der Waals surface area contributed by atoms with Gasteiger partial charge in [-0.15, -0.1) is 0 Å². The predicted molar refractivity (Wildman–Crippen MR) is 94.1 cm³/mol. The molecule has 4 nitrogen and oxygen atoms in total. The summed E-state index contributed by atoms with van der Waals surface area (Å²) in [5.41, 5.74) is 2.28. The largest absolute Gasteiger partial charge is 0.357 e. The summed E-state index contributed by atoms with van der Waals surface area (Å²) in [5, 5.41) is 4.10. The molecule has 0 saturated carbocycles. The lowest BCUT2D eigenvalue weighted by atomic mass is 10.2. The zero-order chi connectivity index (χ0) is 15.7. The number of hydrogen-bond donors (Lipinski definition) is 2. The molecule has 0 spiro atoms. The number of amides is 1. The van der Waals surface area contributed by atoms with Crippen molar-refractivity contribution in [1.29, 1.82) is 0 Å². The normalized spacial score (nSPS) is 10.9. The number of halogens is 3. The van der Waals surface area contributed by atoms with Crippen LogP contribution < -0.4 is 5.32 Å². The van der Waals surface area contributed by atoms with Crippen LogP contribution in [-0.4, -0.2) is 15.9 Å². The Bertz CT molecular complexity index is 863. The third kappa shape index (κ3) is 3.34. The van der Waals surface area contributed by atoms with Gasteiger partial charge in [-0.25, -0.2) is 4.98 Å². The minimum Gasteiger partial charge on any atom is -0.357 e. The van der Waals surface area contributed by atoms with Crippen molar-refractivity contribution in [3.63, 3.8) is 0 Å². The van der Waals surface area contributed by atoms with Crippen LogP contribution >= 0.6 is 43.5 Å². The van der Waals surface area contributed by atoms with Gasteiger partial charge in [0.2, 0.25) is 0 Å². The lowest BCUT2D eigenvalue weighted by Crippen LogP contribution is -2.23. The number of benzene rings is 1. The first-order valence-corrected chi connectivity index (χ1v) is 8.36. The van der Waals surface area contributed by atoms with Gasteiger partial charge >= 0.3 is 0 Å². The number of nitrogens with one attached hydrogen (secondary N) is 2. The van der Waals surface area contributed by atoms with E-state index in [-0.39, 0.29) is 11.1 Å². The van der Waals surface area contributed by atoms with Crippen LogP contribution in [0.5, 0.6) is 0 Å². The average Bonchev–Trinajstić information content (AvgIpc) is 2.89. The van der Waals surface area contributed by atoms with Crippen LogP contribution in [0.3, 0.4) is 0 Å². The number of hydrogen-bond acceptors (Lipinski definition) is 2. The molecule has 0 fully saturated rings. The molecule has 0 atom stereocenters. The lowest BCUT2D eigenvalue weighted by Gasteiger charge is -2.05. The highest BCUT2D eigenvalue weighted by Crippen LogP contribution is 2.21. The first-order valence-electron chi connectivity index (χ1n) is 6.39. The molecule has 0 aliphatic carbocycles. The van der Waals surface area contributed by atoms with Gasteiger partial charge in [-0.05, 0) is 46.3 Å². The van der Waals surface area contributed by atoms with Gasteiger partial charge < -0.3 is 10.3 Å². The second kappa shape index (κ2) is 6.40. The number of aromatic nitrogens is 2. The Morgan fingerprint density at radius 1 is 1.23 bits per heavy atom. The van der Waals surface area contributed by atoms with Gasteiger partial charge in [0.1, 0.15) is 5.15 Å². The minimum absolute atomic E-state index is 0.182. The monoisotopic (exact) mass is 441 g/mol. The molecule has 0 radical (unpaired) electrons. The second-order valence-corrected chi connectivity index (χ2v) is 6.89. The van der Waals surface area contributed by atoms with Crippen LogP contribution in [0.2, 0.25) is 5.15 Å². The molecule has 7 heteroatoms. The van der Waals surface area contributed by atoms with Crippen molar-refractivity contribution in [2.45, 2.75) is 6.54 Å². The van der Waals surface area contributed by atoms with Crippen LogP contribution in [0.1, 0.15) is 16.1 Å². The van der Waals surface area contributed by atoms with Gasteiger partial charge in [-0.3, -0.25) is 4.79 Å². The maximum atomic E-state index is 12.2. The lowest BCUT2D eigenvalue weighted by molar-refractivity contribution is 0.0950. The standard InChI is InChI=1S/C15H10Br2ClN3O/c16-9-1-2-13-8(3-9)4-11(21-13)7-20-15(22)12-5-10(17)6-19-14(12)18/h1-6,21H,7H2,(H,20,22). The van der Waals surface area contributed by atoms with E-state index in [9.17, 15) is 4.79 Å². The van der Waals surface area contributed by atoms with Gasteiger partial charge in [-0.2, -0.15) is 0 Å². The van der Waals surface area contributed by atoms with E-state index >= 15 is 0 Å². The highest BCUT2D eigenvalue weighted by molar-refractivity contribution is 9.10. The topological polar surface area (TPSA) is 57.8 Å². The van der Waals surface area contributed by atoms with E-state index in [4.69, 9.17) is 11.6 Å². The SMILES string of the molecule is O=C(NCc1cc2cc(Br)ccc2[nH]1)c1cc(Br)cnc1Cl. The molecule has 0 saturated heterocycles. The van der Waals surface area contributed by atoms with Gasteiger partial charge in [0.25, 0.3) is 5.91 Å². The van der Waals surface area contributed by atoms with Gasteiger partial charge in [-0.1, -0.05) is 27.5 Å². The Balaban J connectivity index is 1.75. The zero-order valence-electron chi connectivity index (χ0n) is 11.2. The van der Waals surface area contributed by atoms with E-state index in [1.165, 1.54) is 0 Å². The highest BCUT2D eigenvalue weighted by Gasteiger charge is 2.12. The maximum absolute atomic E-state index is 12.2. The van der Waals surface area contributed by atoms with Crippen molar-refractivity contribution in [2.24, 2.45) is 0 Å². The summed E-state index contributed by atoms with van der Waals surface area (Å²) in [7, 11) is 0. The second-order valence-electron chi connectivity index (χ2n) is 4.70. The van der Waals surface area contributed by atoms with Crippen molar-refractivity contribution in [3.05, 3.63) is 61.9 Å². The summed E-state index contributed by atoms with van der Waals surface area (Å²) in [6, 6.07) is 9.62. The van der Waals surface area contributed by atoms with E-state index in [0.29, 0.717) is 16.6 Å². The molecule has 2 aromatic heterocycles. The first kappa shape index (κ1) is 15.5. The molecule has 2 N–H and O–H groups in total. The van der Waals surface area contributed by atoms with Gasteiger partial charge in [0.15, 0.2) is 0 Å². The molecule has 0 unspecified atom stereocenters. The summed E-state index contributed by atoms with van der Waals surface area (Å²) < 4.78 is 1.72. The molecule has 3 aromatic rings. The third-order valence-electron chi connectivity index (χ3n) is 3.13. The Hall–Kier alpha value is -1.37.